The molecular formula is C6H12O. The van der Waals surface area contributed by atoms with Crippen molar-refractivity contribution in [2.45, 2.75) is 38.1 Å². The van der Waals surface area contributed by atoms with Crippen LogP contribution in [0.2, 0.25) is 0 Å². The Morgan fingerprint density at radius 2 is 1.86 bits per heavy atom. The molecule has 1 N–H and O–H groups in total. The molecule has 0 atom stereocenters. The maximum Gasteiger partial charge on any atom is 0.0540 e. The van der Waals surface area contributed by atoms with Gasteiger partial charge in [-0.15, -0.1) is 0 Å². The Labute approximate surface area is 50.0 Å². The minimum Gasteiger partial charge on any atom is -0.393 e. The van der Waals surface area contributed by atoms with Gasteiger partial charge in [-0.25, -0.2) is 0 Å². The second kappa shape index (κ2) is 2.31. The summed E-state index contributed by atoms with van der Waals surface area (Å²) in [5.74, 6) is 0. The van der Waals surface area contributed by atoms with Gasteiger partial charge in [-0.2, -0.15) is 0 Å². The van der Waals surface area contributed by atoms with E-state index in [2.05, 4.69) is 0 Å². The number of hydrogen-bond acceptors (Lipinski definition) is 1. The molecule has 7 heavy (non-hydrogen) atoms. The highest BCUT2D eigenvalue weighted by Crippen LogP contribution is 2.16. The molecule has 0 heterocycles. The van der Waals surface area contributed by atoms with E-state index in [4.69, 9.17) is 5.48 Å². The van der Waals surface area contributed by atoms with Gasteiger partial charge in [0.05, 0.1) is 6.10 Å². The highest BCUT2D eigenvalue weighted by atomic mass is 16.3. The van der Waals surface area contributed by atoms with Crippen molar-refractivity contribution < 1.29 is 10.6 Å². The van der Waals surface area contributed by atoms with Crippen molar-refractivity contribution in [2.24, 2.45) is 0 Å². The fraction of sp³-hybridized carbons (Fsp3) is 1.00. The van der Waals surface area contributed by atoms with E-state index in [0.29, 0.717) is 6.42 Å². The summed E-state index contributed by atoms with van der Waals surface area (Å²) >= 11 is 0. The van der Waals surface area contributed by atoms with Crippen LogP contribution in [-0.4, -0.2) is 11.2 Å². The van der Waals surface area contributed by atoms with E-state index in [1.54, 1.807) is 0 Å². The van der Waals surface area contributed by atoms with Crippen LogP contribution in [0.4, 0.5) is 0 Å². The van der Waals surface area contributed by atoms with Crippen LogP contribution in [0, 0.1) is 0 Å². The van der Waals surface area contributed by atoms with Crippen molar-refractivity contribution in [3.8, 4) is 0 Å². The summed E-state index contributed by atoms with van der Waals surface area (Å²) in [5, 5.41) is 9.21. The number of aliphatic hydroxyl groups excluding tert-OH is 1. The molecular weight excluding hydrogens is 88.1 g/mol. The molecule has 0 aromatic rings. The lowest BCUT2D eigenvalue weighted by molar-refractivity contribution is 0.130. The third-order valence-electron chi connectivity index (χ3n) is 1.03. The third kappa shape index (κ3) is 1.48. The fourth-order valence-electron chi connectivity index (χ4n) is 0.638. The van der Waals surface area contributed by atoms with Gasteiger partial charge in [0.2, 0.25) is 0 Å². The third-order valence-corrected chi connectivity index (χ3v) is 1.03. The van der Waals surface area contributed by atoms with Crippen molar-refractivity contribution in [3.05, 3.63) is 0 Å². The fourth-order valence-corrected chi connectivity index (χ4v) is 0.638. The normalized spacial score (nSPS) is 48.1. The molecule has 1 heteroatoms. The van der Waals surface area contributed by atoms with Crippen molar-refractivity contribution >= 4 is 0 Å². The Kier molecular flexibility index (Phi) is 0.680. The predicted octanol–water partition coefficient (Wildman–Crippen LogP) is 1.31. The summed E-state index contributed by atoms with van der Waals surface area (Å²) in [4.78, 5) is 0. The van der Waals surface area contributed by atoms with Gasteiger partial charge < -0.3 is 5.11 Å². The summed E-state index contributed by atoms with van der Waals surface area (Å²) in [7, 11) is 0. The minimum absolute atomic E-state index is 0.258. The van der Waals surface area contributed by atoms with Crippen LogP contribution in [0.5, 0.6) is 0 Å². The van der Waals surface area contributed by atoms with Crippen LogP contribution in [-0.2, 0) is 0 Å². The lowest BCUT2D eigenvalue weighted by Gasteiger charge is -2.14. The van der Waals surface area contributed by atoms with Crippen LogP contribution in [0.15, 0.2) is 0 Å². The molecule has 1 saturated carbocycles. The highest BCUT2D eigenvalue weighted by molar-refractivity contribution is 4.61. The summed E-state index contributed by atoms with van der Waals surface area (Å²) in [6.45, 7) is 0. The van der Waals surface area contributed by atoms with Gasteiger partial charge in [0, 0.05) is 5.48 Å². The van der Waals surface area contributed by atoms with Crippen LogP contribution >= 0.6 is 0 Å². The first-order valence-electron chi connectivity index (χ1n) is 4.54. The van der Waals surface area contributed by atoms with E-state index >= 15 is 0 Å². The molecule has 0 aromatic heterocycles. The lowest BCUT2D eigenvalue weighted by Crippen LogP contribution is -2.09. The first-order chi connectivity index (χ1) is 4.86. The Morgan fingerprint density at radius 3 is 2.29 bits per heavy atom. The molecule has 1 nitrogen and oxygen atoms in total. The Balaban J connectivity index is 2.76. The maximum absolute atomic E-state index is 9.21. The molecule has 1 aliphatic rings. The molecule has 0 spiro atoms. The monoisotopic (exact) mass is 104 g/mol. The number of rotatable bonds is 0. The van der Waals surface area contributed by atoms with E-state index in [9.17, 15) is 5.11 Å². The van der Waals surface area contributed by atoms with Gasteiger partial charge in [0.25, 0.3) is 0 Å². The summed E-state index contributed by atoms with van der Waals surface area (Å²) in [6.07, 6.45) is -3.94. The van der Waals surface area contributed by atoms with Gasteiger partial charge in [0.15, 0.2) is 0 Å². The second-order valence-corrected chi connectivity index (χ2v) is 1.66. The molecule has 0 aliphatic heterocycles. The Morgan fingerprint density at radius 1 is 1.29 bits per heavy atom. The summed E-state index contributed by atoms with van der Waals surface area (Å²) < 4.78 is 29.1. The molecule has 1 rings (SSSR count). The van der Waals surface area contributed by atoms with Gasteiger partial charge in [-0.3, -0.25) is 0 Å². The maximum atomic E-state index is 9.21. The minimum atomic E-state index is -1.75. The van der Waals surface area contributed by atoms with Crippen molar-refractivity contribution in [1.29, 1.82) is 0 Å². The van der Waals surface area contributed by atoms with E-state index < -0.39 is 18.8 Å². The molecule has 1 aliphatic carbocycles. The summed E-state index contributed by atoms with van der Waals surface area (Å²) in [6, 6.07) is 0. The zero-order valence-corrected chi connectivity index (χ0v) is 4.15. The van der Waals surface area contributed by atoms with E-state index in [-0.39, 0.29) is 12.8 Å². The van der Waals surface area contributed by atoms with E-state index in [1.165, 1.54) is 0 Å². The first-order valence-corrected chi connectivity index (χ1v) is 2.54. The topological polar surface area (TPSA) is 20.2 Å². The van der Waals surface area contributed by atoms with Gasteiger partial charge >= 0.3 is 0 Å². The lowest BCUT2D eigenvalue weighted by atomic mass is 9.98. The largest absolute Gasteiger partial charge is 0.393 e. The van der Waals surface area contributed by atoms with Crippen molar-refractivity contribution in [1.82, 2.24) is 0 Å². The average Bonchev–Trinajstić information content (AvgIpc) is 1.82. The average molecular weight is 104 g/mol. The molecule has 42 valence electrons. The summed E-state index contributed by atoms with van der Waals surface area (Å²) in [5.41, 5.74) is 0. The van der Waals surface area contributed by atoms with Crippen LogP contribution in [0.25, 0.3) is 0 Å². The molecule has 0 saturated heterocycles. The SMILES string of the molecule is [2H]C1([2H])CCCC([2H])([2H])C1O. The molecule has 0 radical (unpaired) electrons. The van der Waals surface area contributed by atoms with Crippen LogP contribution in [0.3, 0.4) is 0 Å². The molecule has 0 bridgehead atoms. The Hall–Kier alpha value is -0.0400. The van der Waals surface area contributed by atoms with Crippen molar-refractivity contribution in [2.75, 3.05) is 0 Å². The number of hydrogen-bond donors (Lipinski definition) is 1. The molecule has 0 unspecified atom stereocenters. The zero-order chi connectivity index (χ0) is 8.70. The van der Waals surface area contributed by atoms with Crippen LogP contribution in [0.1, 0.15) is 37.5 Å². The highest BCUT2D eigenvalue weighted by Gasteiger charge is 2.07. The molecule has 0 aromatic carbocycles. The Bertz CT molecular complexity index is 141. The molecule has 0 amide bonds. The number of aliphatic hydroxyl groups is 1. The van der Waals surface area contributed by atoms with E-state index in [1.807, 2.05) is 0 Å². The zero-order valence-electron chi connectivity index (χ0n) is 8.15. The van der Waals surface area contributed by atoms with E-state index in [0.717, 1.165) is 0 Å². The predicted molar refractivity (Wildman–Crippen MR) is 29.1 cm³/mol. The van der Waals surface area contributed by atoms with Crippen LogP contribution < -0.4 is 0 Å². The second-order valence-electron chi connectivity index (χ2n) is 1.66. The smallest absolute Gasteiger partial charge is 0.0540 e. The quantitative estimate of drug-likeness (QED) is 0.491. The van der Waals surface area contributed by atoms with Crippen molar-refractivity contribution in [3.63, 3.8) is 0 Å². The van der Waals surface area contributed by atoms with Gasteiger partial charge in [0.1, 0.15) is 0 Å². The first kappa shape index (κ1) is 2.06. The van der Waals surface area contributed by atoms with Gasteiger partial charge in [-0.05, 0) is 12.7 Å². The standard InChI is InChI=1S/C6H12O/c7-6-4-2-1-3-5-6/h6-7H,1-5H2/i4D2,5D2. The van der Waals surface area contributed by atoms with Gasteiger partial charge in [-0.1, -0.05) is 19.3 Å². The molecule has 1 fully saturated rings.